The van der Waals surface area contributed by atoms with Crippen LogP contribution in [0.5, 0.6) is 5.88 Å². The maximum atomic E-state index is 5.46. The Labute approximate surface area is 94.3 Å². The molecule has 0 saturated carbocycles. The van der Waals surface area contributed by atoms with Crippen LogP contribution in [-0.4, -0.2) is 21.8 Å². The lowest BCUT2D eigenvalue weighted by Gasteiger charge is -2.07. The van der Waals surface area contributed by atoms with Crippen LogP contribution in [-0.2, 0) is 0 Å². The predicted octanol–water partition coefficient (Wildman–Crippen LogP) is 2.25. The summed E-state index contributed by atoms with van der Waals surface area (Å²) in [6.07, 6.45) is 0. The Kier molecular flexibility index (Phi) is 3.10. The highest BCUT2D eigenvalue weighted by atomic mass is 16.5. The standard InChI is InChI=1S/C12H13N3O/c1-3-16-12-11(15-14-9(2)13-12)10-7-5-4-6-8-10/h4-8H,3H2,1-2H3. The quantitative estimate of drug-likeness (QED) is 0.787. The third-order valence-corrected chi connectivity index (χ3v) is 2.09. The molecule has 0 radical (unpaired) electrons. The van der Waals surface area contributed by atoms with Crippen LogP contribution in [0.4, 0.5) is 0 Å². The van der Waals surface area contributed by atoms with Crippen molar-refractivity contribution in [2.45, 2.75) is 13.8 Å². The summed E-state index contributed by atoms with van der Waals surface area (Å²) in [4.78, 5) is 4.24. The summed E-state index contributed by atoms with van der Waals surface area (Å²) >= 11 is 0. The molecule has 0 bridgehead atoms. The van der Waals surface area contributed by atoms with E-state index in [-0.39, 0.29) is 0 Å². The van der Waals surface area contributed by atoms with Gasteiger partial charge in [0, 0.05) is 5.56 Å². The smallest absolute Gasteiger partial charge is 0.244 e. The molecule has 16 heavy (non-hydrogen) atoms. The average Bonchev–Trinajstić information content (AvgIpc) is 2.31. The first-order valence-corrected chi connectivity index (χ1v) is 5.21. The third kappa shape index (κ3) is 2.16. The van der Waals surface area contributed by atoms with Gasteiger partial charge in [-0.2, -0.15) is 4.98 Å². The van der Waals surface area contributed by atoms with Gasteiger partial charge in [-0.1, -0.05) is 30.3 Å². The van der Waals surface area contributed by atoms with Gasteiger partial charge in [-0.05, 0) is 13.8 Å². The molecule has 1 aromatic heterocycles. The molecule has 0 aliphatic carbocycles. The second-order valence-corrected chi connectivity index (χ2v) is 3.31. The minimum Gasteiger partial charge on any atom is -0.476 e. The van der Waals surface area contributed by atoms with Gasteiger partial charge in [0.2, 0.25) is 5.88 Å². The largest absolute Gasteiger partial charge is 0.476 e. The van der Waals surface area contributed by atoms with E-state index in [2.05, 4.69) is 15.2 Å². The molecule has 0 fully saturated rings. The molecular formula is C12H13N3O. The molecule has 1 aromatic carbocycles. The molecule has 0 amide bonds. The number of aromatic nitrogens is 3. The van der Waals surface area contributed by atoms with Crippen molar-refractivity contribution in [2.24, 2.45) is 0 Å². The average molecular weight is 215 g/mol. The van der Waals surface area contributed by atoms with E-state index in [9.17, 15) is 0 Å². The molecule has 0 N–H and O–H groups in total. The number of nitrogens with zero attached hydrogens (tertiary/aromatic N) is 3. The van der Waals surface area contributed by atoms with Crippen LogP contribution in [0.3, 0.4) is 0 Å². The highest BCUT2D eigenvalue weighted by Gasteiger charge is 2.10. The fraction of sp³-hybridized carbons (Fsp3) is 0.250. The highest BCUT2D eigenvalue weighted by Crippen LogP contribution is 2.24. The molecule has 0 aliphatic heterocycles. The lowest BCUT2D eigenvalue weighted by atomic mass is 10.1. The first kappa shape index (κ1) is 10.5. The first-order chi connectivity index (χ1) is 7.81. The van der Waals surface area contributed by atoms with Crippen LogP contribution in [0.15, 0.2) is 30.3 Å². The van der Waals surface area contributed by atoms with Crippen molar-refractivity contribution < 1.29 is 4.74 Å². The Balaban J connectivity index is 2.48. The minimum atomic E-state index is 0.543. The van der Waals surface area contributed by atoms with Crippen molar-refractivity contribution in [2.75, 3.05) is 6.61 Å². The van der Waals surface area contributed by atoms with E-state index in [4.69, 9.17) is 4.74 Å². The summed E-state index contributed by atoms with van der Waals surface area (Å²) in [5.74, 6) is 1.16. The van der Waals surface area contributed by atoms with Crippen molar-refractivity contribution in [3.63, 3.8) is 0 Å². The third-order valence-electron chi connectivity index (χ3n) is 2.09. The van der Waals surface area contributed by atoms with Gasteiger partial charge in [-0.15, -0.1) is 10.2 Å². The molecule has 4 nitrogen and oxygen atoms in total. The van der Waals surface area contributed by atoms with Gasteiger partial charge >= 0.3 is 0 Å². The number of ether oxygens (including phenoxy) is 1. The van der Waals surface area contributed by atoms with Crippen molar-refractivity contribution >= 4 is 0 Å². The van der Waals surface area contributed by atoms with Crippen LogP contribution < -0.4 is 4.74 Å². The number of benzene rings is 1. The Morgan fingerprint density at radius 2 is 1.88 bits per heavy atom. The van der Waals surface area contributed by atoms with E-state index >= 15 is 0 Å². The summed E-state index contributed by atoms with van der Waals surface area (Å²) in [6, 6.07) is 9.78. The minimum absolute atomic E-state index is 0.543. The lowest BCUT2D eigenvalue weighted by molar-refractivity contribution is 0.324. The van der Waals surface area contributed by atoms with Crippen LogP contribution in [0.2, 0.25) is 0 Å². The molecule has 0 unspecified atom stereocenters. The Bertz CT molecular complexity index is 471. The van der Waals surface area contributed by atoms with E-state index in [0.717, 1.165) is 5.56 Å². The zero-order valence-corrected chi connectivity index (χ0v) is 9.34. The van der Waals surface area contributed by atoms with Crippen molar-refractivity contribution in [3.05, 3.63) is 36.2 Å². The fourth-order valence-corrected chi connectivity index (χ4v) is 1.40. The number of hydrogen-bond acceptors (Lipinski definition) is 4. The summed E-state index contributed by atoms with van der Waals surface area (Å²) in [6.45, 7) is 4.29. The molecule has 0 atom stereocenters. The van der Waals surface area contributed by atoms with Crippen molar-refractivity contribution in [1.29, 1.82) is 0 Å². The number of hydrogen-bond donors (Lipinski definition) is 0. The zero-order chi connectivity index (χ0) is 11.4. The van der Waals surface area contributed by atoms with Crippen LogP contribution in [0, 0.1) is 6.92 Å². The van der Waals surface area contributed by atoms with Gasteiger partial charge in [-0.25, -0.2) is 0 Å². The molecular weight excluding hydrogens is 202 g/mol. The zero-order valence-electron chi connectivity index (χ0n) is 9.34. The lowest BCUT2D eigenvalue weighted by Crippen LogP contribution is -2.02. The van der Waals surface area contributed by atoms with Gasteiger partial charge in [0.05, 0.1) is 6.61 Å². The van der Waals surface area contributed by atoms with Gasteiger partial charge in [0.15, 0.2) is 11.5 Å². The monoisotopic (exact) mass is 215 g/mol. The van der Waals surface area contributed by atoms with Crippen LogP contribution in [0.25, 0.3) is 11.3 Å². The van der Waals surface area contributed by atoms with Gasteiger partial charge in [0.1, 0.15) is 0 Å². The molecule has 0 saturated heterocycles. The number of aryl methyl sites for hydroxylation is 1. The van der Waals surface area contributed by atoms with E-state index in [1.807, 2.05) is 37.3 Å². The van der Waals surface area contributed by atoms with Gasteiger partial charge in [0.25, 0.3) is 0 Å². The topological polar surface area (TPSA) is 47.9 Å². The summed E-state index contributed by atoms with van der Waals surface area (Å²) in [5.41, 5.74) is 1.65. The molecule has 0 aliphatic rings. The Morgan fingerprint density at radius 1 is 1.12 bits per heavy atom. The van der Waals surface area contributed by atoms with Gasteiger partial charge < -0.3 is 4.74 Å². The second-order valence-electron chi connectivity index (χ2n) is 3.31. The Hall–Kier alpha value is -1.97. The van der Waals surface area contributed by atoms with Crippen LogP contribution in [0.1, 0.15) is 12.7 Å². The first-order valence-electron chi connectivity index (χ1n) is 5.21. The Morgan fingerprint density at radius 3 is 2.56 bits per heavy atom. The fourth-order valence-electron chi connectivity index (χ4n) is 1.40. The molecule has 1 heterocycles. The van der Waals surface area contributed by atoms with Crippen molar-refractivity contribution in [1.82, 2.24) is 15.2 Å². The molecule has 4 heteroatoms. The van der Waals surface area contributed by atoms with E-state index in [0.29, 0.717) is 24.0 Å². The molecule has 2 aromatic rings. The SMILES string of the molecule is CCOc1nc(C)nnc1-c1ccccc1. The predicted molar refractivity (Wildman–Crippen MR) is 61.2 cm³/mol. The number of rotatable bonds is 3. The summed E-state index contributed by atoms with van der Waals surface area (Å²) < 4.78 is 5.46. The maximum absolute atomic E-state index is 5.46. The normalized spacial score (nSPS) is 10.1. The maximum Gasteiger partial charge on any atom is 0.244 e. The van der Waals surface area contributed by atoms with Gasteiger partial charge in [-0.3, -0.25) is 0 Å². The molecule has 2 rings (SSSR count). The van der Waals surface area contributed by atoms with Crippen LogP contribution >= 0.6 is 0 Å². The summed E-state index contributed by atoms with van der Waals surface area (Å²) in [7, 11) is 0. The summed E-state index contributed by atoms with van der Waals surface area (Å²) in [5, 5.41) is 8.09. The second kappa shape index (κ2) is 4.70. The highest BCUT2D eigenvalue weighted by molar-refractivity contribution is 5.63. The van der Waals surface area contributed by atoms with E-state index in [1.165, 1.54) is 0 Å². The van der Waals surface area contributed by atoms with E-state index < -0.39 is 0 Å². The molecule has 0 spiro atoms. The van der Waals surface area contributed by atoms with Crippen molar-refractivity contribution in [3.8, 4) is 17.1 Å². The molecule has 82 valence electrons. The van der Waals surface area contributed by atoms with E-state index in [1.54, 1.807) is 6.92 Å².